The van der Waals surface area contributed by atoms with Gasteiger partial charge in [-0.15, -0.1) is 0 Å². The molecule has 94 valence electrons. The van der Waals surface area contributed by atoms with Gasteiger partial charge in [-0.25, -0.2) is 0 Å². The molecule has 1 saturated carbocycles. The summed E-state index contributed by atoms with van der Waals surface area (Å²) in [5.41, 5.74) is 2.25. The first-order valence-corrected chi connectivity index (χ1v) is 6.45. The molecule has 0 atom stereocenters. The number of anilines is 1. The summed E-state index contributed by atoms with van der Waals surface area (Å²) in [5, 5.41) is 8.99. The van der Waals surface area contributed by atoms with E-state index >= 15 is 0 Å². The van der Waals surface area contributed by atoms with Crippen LogP contribution in [-0.4, -0.2) is 18.9 Å². The van der Waals surface area contributed by atoms with Crippen LogP contribution in [0.15, 0.2) is 18.2 Å². The number of nitrogens with zero attached hydrogens (tertiary/aromatic N) is 2. The molecule has 0 radical (unpaired) electrons. The predicted molar refractivity (Wildman–Crippen MR) is 71.8 cm³/mol. The summed E-state index contributed by atoms with van der Waals surface area (Å²) in [5.74, 6) is 0.819. The van der Waals surface area contributed by atoms with Crippen molar-refractivity contribution >= 4 is 11.5 Å². The molecule has 0 aliphatic heterocycles. The van der Waals surface area contributed by atoms with Crippen molar-refractivity contribution in [3.05, 3.63) is 29.3 Å². The van der Waals surface area contributed by atoms with Gasteiger partial charge in [0, 0.05) is 24.3 Å². The fourth-order valence-corrected chi connectivity index (χ4v) is 2.17. The number of Topliss-reactive ketones (excluding diaryl/α,β-unsaturated/α-hetero) is 1. The molecule has 1 aromatic carbocycles. The fraction of sp³-hybridized carbons (Fsp3) is 0.467. The highest BCUT2D eigenvalue weighted by molar-refractivity contribution is 6.00. The normalized spacial score (nSPS) is 14.1. The Hall–Kier alpha value is -1.82. The van der Waals surface area contributed by atoms with E-state index in [0.717, 1.165) is 30.3 Å². The van der Waals surface area contributed by atoms with Crippen LogP contribution in [0.4, 0.5) is 5.69 Å². The third kappa shape index (κ3) is 2.70. The second kappa shape index (κ2) is 5.22. The zero-order chi connectivity index (χ0) is 13.1. The van der Waals surface area contributed by atoms with Crippen LogP contribution in [0.25, 0.3) is 0 Å². The Morgan fingerprint density at radius 1 is 1.50 bits per heavy atom. The van der Waals surface area contributed by atoms with E-state index in [0.29, 0.717) is 5.56 Å². The van der Waals surface area contributed by atoms with Crippen molar-refractivity contribution in [1.29, 1.82) is 5.26 Å². The molecule has 0 saturated heterocycles. The Balaban J connectivity index is 2.37. The molecule has 1 aromatic rings. The summed E-state index contributed by atoms with van der Waals surface area (Å²) in [6.07, 6.45) is 2.56. The lowest BCUT2D eigenvalue weighted by Crippen LogP contribution is -2.27. The van der Waals surface area contributed by atoms with Gasteiger partial charge in [-0.3, -0.25) is 4.79 Å². The summed E-state index contributed by atoms with van der Waals surface area (Å²) in [7, 11) is 0. The van der Waals surface area contributed by atoms with Crippen LogP contribution in [0.5, 0.6) is 0 Å². The third-order valence-electron chi connectivity index (χ3n) is 3.40. The topological polar surface area (TPSA) is 44.1 Å². The van der Waals surface area contributed by atoms with Gasteiger partial charge >= 0.3 is 0 Å². The second-order valence-corrected chi connectivity index (χ2v) is 4.88. The Labute approximate surface area is 108 Å². The summed E-state index contributed by atoms with van der Waals surface area (Å²) >= 11 is 0. The third-order valence-corrected chi connectivity index (χ3v) is 3.40. The minimum absolute atomic E-state index is 0.0590. The van der Waals surface area contributed by atoms with Crippen LogP contribution >= 0.6 is 0 Å². The Kier molecular flexibility index (Phi) is 3.66. The maximum Gasteiger partial charge on any atom is 0.161 e. The smallest absolute Gasteiger partial charge is 0.161 e. The highest BCUT2D eigenvalue weighted by Gasteiger charge is 2.25. The Morgan fingerprint density at radius 2 is 2.22 bits per heavy atom. The number of carbonyl (C=O) groups excluding carboxylic acids is 1. The average Bonchev–Trinajstić information content (AvgIpc) is 3.19. The molecule has 18 heavy (non-hydrogen) atoms. The molecule has 3 heteroatoms. The molecule has 0 spiro atoms. The first-order valence-electron chi connectivity index (χ1n) is 6.45. The van der Waals surface area contributed by atoms with E-state index in [1.165, 1.54) is 12.8 Å². The van der Waals surface area contributed by atoms with Gasteiger partial charge in [0.15, 0.2) is 5.78 Å². The molecule has 1 aliphatic carbocycles. The lowest BCUT2D eigenvalue weighted by atomic mass is 10.0. The number of rotatable bonds is 5. The van der Waals surface area contributed by atoms with E-state index < -0.39 is 0 Å². The molecule has 0 unspecified atom stereocenters. The van der Waals surface area contributed by atoms with Gasteiger partial charge in [-0.1, -0.05) is 0 Å². The average molecular weight is 242 g/mol. The summed E-state index contributed by atoms with van der Waals surface area (Å²) in [4.78, 5) is 13.9. The maximum absolute atomic E-state index is 11.7. The van der Waals surface area contributed by atoms with Gasteiger partial charge in [0.25, 0.3) is 0 Å². The van der Waals surface area contributed by atoms with E-state index in [9.17, 15) is 4.79 Å². The minimum atomic E-state index is 0.0590. The molecule has 1 aliphatic rings. The second-order valence-electron chi connectivity index (χ2n) is 4.88. The SMILES string of the molecule is CCN(CC1CC1)c1cc(C#N)ccc1C(C)=O. The molecule has 0 bridgehead atoms. The van der Waals surface area contributed by atoms with Crippen LogP contribution < -0.4 is 4.90 Å². The van der Waals surface area contributed by atoms with Crippen molar-refractivity contribution in [3.63, 3.8) is 0 Å². The Morgan fingerprint density at radius 3 is 2.72 bits per heavy atom. The van der Waals surface area contributed by atoms with Crippen molar-refractivity contribution in [1.82, 2.24) is 0 Å². The number of nitriles is 1. The van der Waals surface area contributed by atoms with E-state index in [4.69, 9.17) is 5.26 Å². The van der Waals surface area contributed by atoms with E-state index in [-0.39, 0.29) is 5.78 Å². The minimum Gasteiger partial charge on any atom is -0.371 e. The van der Waals surface area contributed by atoms with Crippen LogP contribution in [0, 0.1) is 17.2 Å². The zero-order valence-corrected chi connectivity index (χ0v) is 10.9. The Bertz CT molecular complexity index is 498. The monoisotopic (exact) mass is 242 g/mol. The molecule has 2 rings (SSSR count). The number of hydrogen-bond acceptors (Lipinski definition) is 3. The van der Waals surface area contributed by atoms with Gasteiger partial charge in [0.1, 0.15) is 0 Å². The van der Waals surface area contributed by atoms with Crippen LogP contribution in [0.3, 0.4) is 0 Å². The molecule has 0 amide bonds. The largest absolute Gasteiger partial charge is 0.371 e. The van der Waals surface area contributed by atoms with E-state index in [2.05, 4.69) is 17.9 Å². The molecule has 0 aromatic heterocycles. The van der Waals surface area contributed by atoms with Gasteiger partial charge in [-0.05, 0) is 50.8 Å². The zero-order valence-electron chi connectivity index (χ0n) is 10.9. The van der Waals surface area contributed by atoms with Crippen LogP contribution in [0.1, 0.15) is 42.6 Å². The van der Waals surface area contributed by atoms with E-state index in [1.54, 1.807) is 19.1 Å². The highest BCUT2D eigenvalue weighted by atomic mass is 16.1. The molecular weight excluding hydrogens is 224 g/mol. The summed E-state index contributed by atoms with van der Waals surface area (Å²) < 4.78 is 0. The first kappa shape index (κ1) is 12.6. The summed E-state index contributed by atoms with van der Waals surface area (Å²) in [6.45, 7) is 5.53. The number of benzene rings is 1. The standard InChI is InChI=1S/C15H18N2O/c1-3-17(10-12-4-5-12)15-8-13(9-16)6-7-14(15)11(2)18/h6-8,12H,3-5,10H2,1-2H3. The molecule has 0 N–H and O–H groups in total. The van der Waals surface area contributed by atoms with E-state index in [1.807, 2.05) is 6.07 Å². The molecular formula is C15H18N2O. The number of carbonyl (C=O) groups is 1. The van der Waals surface area contributed by atoms with Gasteiger partial charge in [0.05, 0.1) is 11.6 Å². The van der Waals surface area contributed by atoms with Crippen molar-refractivity contribution < 1.29 is 4.79 Å². The van der Waals surface area contributed by atoms with Crippen molar-refractivity contribution in [2.24, 2.45) is 5.92 Å². The van der Waals surface area contributed by atoms with Gasteiger partial charge in [-0.2, -0.15) is 5.26 Å². The van der Waals surface area contributed by atoms with Crippen LogP contribution in [-0.2, 0) is 0 Å². The maximum atomic E-state index is 11.7. The quantitative estimate of drug-likeness (QED) is 0.745. The van der Waals surface area contributed by atoms with Crippen molar-refractivity contribution in [2.75, 3.05) is 18.0 Å². The summed E-state index contributed by atoms with van der Waals surface area (Å²) in [6, 6.07) is 7.46. The number of ketones is 1. The lowest BCUT2D eigenvalue weighted by molar-refractivity contribution is 0.101. The van der Waals surface area contributed by atoms with Gasteiger partial charge < -0.3 is 4.90 Å². The van der Waals surface area contributed by atoms with Crippen molar-refractivity contribution in [2.45, 2.75) is 26.7 Å². The van der Waals surface area contributed by atoms with Gasteiger partial charge in [0.2, 0.25) is 0 Å². The predicted octanol–water partition coefficient (Wildman–Crippen LogP) is 3.00. The molecule has 1 fully saturated rings. The van der Waals surface area contributed by atoms with Crippen LogP contribution in [0.2, 0.25) is 0 Å². The molecule has 0 heterocycles. The van der Waals surface area contributed by atoms with Crippen molar-refractivity contribution in [3.8, 4) is 6.07 Å². The highest BCUT2D eigenvalue weighted by Crippen LogP contribution is 2.32. The fourth-order valence-electron chi connectivity index (χ4n) is 2.17. The first-order chi connectivity index (χ1) is 8.65. The number of hydrogen-bond donors (Lipinski definition) is 0. The molecule has 3 nitrogen and oxygen atoms in total. The lowest BCUT2D eigenvalue weighted by Gasteiger charge is -2.25.